The zero-order valence-electron chi connectivity index (χ0n) is 11.2. The molecule has 1 aromatic carbocycles. The molecule has 3 aromatic rings. The second-order valence-electron chi connectivity index (χ2n) is 6.09. The summed E-state index contributed by atoms with van der Waals surface area (Å²) in [7, 11) is 0. The molecule has 0 bridgehead atoms. The summed E-state index contributed by atoms with van der Waals surface area (Å²) in [6.07, 6.45) is 4.97. The first-order chi connectivity index (χ1) is 9.88. The highest BCUT2D eigenvalue weighted by molar-refractivity contribution is 5.85. The average Bonchev–Trinajstić information content (AvgIpc) is 3.40. The van der Waals surface area contributed by atoms with Gasteiger partial charge in [0, 0.05) is 22.7 Å². The summed E-state index contributed by atoms with van der Waals surface area (Å²) in [4.78, 5) is 8.27. The van der Waals surface area contributed by atoms with Gasteiger partial charge in [-0.2, -0.15) is 0 Å². The third-order valence-corrected chi connectivity index (χ3v) is 4.34. The maximum Gasteiger partial charge on any atom is 0.198 e. The molecule has 0 unspecified atom stereocenters. The van der Waals surface area contributed by atoms with E-state index in [4.69, 9.17) is 9.40 Å². The third-order valence-electron chi connectivity index (χ3n) is 4.34. The van der Waals surface area contributed by atoms with Crippen molar-refractivity contribution in [2.45, 2.75) is 37.5 Å². The average molecular weight is 264 g/mol. The number of oxazole rings is 1. The van der Waals surface area contributed by atoms with Crippen LogP contribution in [0.4, 0.5) is 0 Å². The fourth-order valence-electron chi connectivity index (χ4n) is 2.88. The van der Waals surface area contributed by atoms with Crippen LogP contribution in [0, 0.1) is 0 Å². The summed E-state index contributed by atoms with van der Waals surface area (Å²) in [5.41, 5.74) is 3.42. The number of fused-ring (bicyclic) bond motifs is 1. The zero-order chi connectivity index (χ0) is 13.1. The quantitative estimate of drug-likeness (QED) is 0.752. The minimum absolute atomic E-state index is 0.575. The van der Waals surface area contributed by atoms with E-state index in [0.29, 0.717) is 11.8 Å². The van der Waals surface area contributed by atoms with Gasteiger partial charge in [-0.3, -0.25) is 0 Å². The Morgan fingerprint density at radius 1 is 1.05 bits per heavy atom. The number of aromatic amines is 1. The molecule has 0 spiro atoms. The molecular formula is C17H16N2O. The maximum absolute atomic E-state index is 6.11. The predicted octanol–water partition coefficient (Wildman–Crippen LogP) is 4.58. The molecule has 2 aliphatic rings. The van der Waals surface area contributed by atoms with E-state index in [2.05, 4.69) is 35.3 Å². The highest BCUT2D eigenvalue weighted by Crippen LogP contribution is 2.48. The third kappa shape index (κ3) is 1.62. The van der Waals surface area contributed by atoms with Crippen molar-refractivity contribution in [2.24, 2.45) is 0 Å². The molecule has 2 saturated carbocycles. The lowest BCUT2D eigenvalue weighted by Gasteiger charge is -1.95. The van der Waals surface area contributed by atoms with Gasteiger partial charge in [0.2, 0.25) is 0 Å². The Morgan fingerprint density at radius 3 is 2.60 bits per heavy atom. The lowest BCUT2D eigenvalue weighted by Crippen LogP contribution is -1.85. The smallest absolute Gasteiger partial charge is 0.198 e. The van der Waals surface area contributed by atoms with E-state index in [1.807, 2.05) is 0 Å². The molecule has 0 radical (unpaired) electrons. The monoisotopic (exact) mass is 264 g/mol. The fraction of sp³-hybridized carbons (Fsp3) is 0.353. The van der Waals surface area contributed by atoms with Gasteiger partial charge in [0.15, 0.2) is 11.7 Å². The van der Waals surface area contributed by atoms with Crippen LogP contribution >= 0.6 is 0 Å². The molecular weight excluding hydrogens is 248 g/mol. The van der Waals surface area contributed by atoms with Gasteiger partial charge in [0.25, 0.3) is 0 Å². The fourth-order valence-corrected chi connectivity index (χ4v) is 2.88. The van der Waals surface area contributed by atoms with E-state index in [9.17, 15) is 0 Å². The number of nitrogens with zero attached hydrogens (tertiary/aromatic N) is 1. The topological polar surface area (TPSA) is 41.8 Å². The van der Waals surface area contributed by atoms with Gasteiger partial charge < -0.3 is 9.40 Å². The number of hydrogen-bond acceptors (Lipinski definition) is 2. The normalized spacial score (nSPS) is 18.8. The molecule has 3 nitrogen and oxygen atoms in total. The number of aromatic nitrogens is 2. The molecule has 2 heterocycles. The van der Waals surface area contributed by atoms with E-state index >= 15 is 0 Å². The van der Waals surface area contributed by atoms with Gasteiger partial charge in [0.1, 0.15) is 0 Å². The van der Waals surface area contributed by atoms with E-state index in [1.54, 1.807) is 0 Å². The van der Waals surface area contributed by atoms with Gasteiger partial charge in [-0.15, -0.1) is 0 Å². The van der Waals surface area contributed by atoms with Crippen molar-refractivity contribution in [3.63, 3.8) is 0 Å². The van der Waals surface area contributed by atoms with Crippen LogP contribution < -0.4 is 0 Å². The van der Waals surface area contributed by atoms with Crippen molar-refractivity contribution in [3.8, 4) is 11.5 Å². The van der Waals surface area contributed by atoms with Crippen molar-refractivity contribution in [1.29, 1.82) is 0 Å². The van der Waals surface area contributed by atoms with Gasteiger partial charge in [-0.1, -0.05) is 18.2 Å². The van der Waals surface area contributed by atoms with Gasteiger partial charge in [-0.05, 0) is 37.8 Å². The van der Waals surface area contributed by atoms with Crippen molar-refractivity contribution in [1.82, 2.24) is 9.97 Å². The highest BCUT2D eigenvalue weighted by atomic mass is 16.4. The van der Waals surface area contributed by atoms with E-state index in [-0.39, 0.29) is 0 Å². The Morgan fingerprint density at radius 2 is 1.85 bits per heavy atom. The van der Waals surface area contributed by atoms with E-state index < -0.39 is 0 Å². The summed E-state index contributed by atoms with van der Waals surface area (Å²) < 4.78 is 6.11. The second kappa shape index (κ2) is 3.75. The Balaban J connectivity index is 1.68. The number of hydrogen-bond donors (Lipinski definition) is 1. The lowest BCUT2D eigenvalue weighted by atomic mass is 10.2. The molecule has 2 aromatic heterocycles. The van der Waals surface area contributed by atoms with Gasteiger partial charge in [-0.25, -0.2) is 4.98 Å². The Labute approximate surface area is 117 Å². The van der Waals surface area contributed by atoms with Crippen molar-refractivity contribution in [2.75, 3.05) is 0 Å². The summed E-state index contributed by atoms with van der Waals surface area (Å²) in [5.74, 6) is 3.13. The number of para-hydroxylation sites is 1. The van der Waals surface area contributed by atoms with Crippen LogP contribution in [0.25, 0.3) is 22.4 Å². The molecule has 20 heavy (non-hydrogen) atoms. The van der Waals surface area contributed by atoms with Crippen LogP contribution in [0.1, 0.15) is 49.1 Å². The summed E-state index contributed by atoms with van der Waals surface area (Å²) >= 11 is 0. The number of rotatable bonds is 3. The van der Waals surface area contributed by atoms with Crippen molar-refractivity contribution in [3.05, 3.63) is 41.9 Å². The van der Waals surface area contributed by atoms with Crippen LogP contribution in [0.3, 0.4) is 0 Å². The Hall–Kier alpha value is -2.03. The van der Waals surface area contributed by atoms with Crippen molar-refractivity contribution < 1.29 is 4.42 Å². The molecule has 3 heteroatoms. The van der Waals surface area contributed by atoms with E-state index in [1.165, 1.54) is 36.8 Å². The number of benzene rings is 1. The summed E-state index contributed by atoms with van der Waals surface area (Å²) in [6, 6.07) is 10.5. The summed E-state index contributed by atoms with van der Waals surface area (Å²) in [6.45, 7) is 0. The first kappa shape index (κ1) is 10.7. The molecule has 0 saturated heterocycles. The van der Waals surface area contributed by atoms with Gasteiger partial charge >= 0.3 is 0 Å². The van der Waals surface area contributed by atoms with Gasteiger partial charge in [0.05, 0.1) is 11.4 Å². The molecule has 0 atom stereocenters. The SMILES string of the molecule is c1ccc2[nH]c(-c3oc(C4CC4)nc3C3CC3)cc2c1. The van der Waals surface area contributed by atoms with Crippen LogP contribution in [-0.2, 0) is 0 Å². The van der Waals surface area contributed by atoms with Crippen LogP contribution in [-0.4, -0.2) is 9.97 Å². The van der Waals surface area contributed by atoms with Crippen LogP contribution in [0.5, 0.6) is 0 Å². The molecule has 2 aliphatic carbocycles. The predicted molar refractivity (Wildman–Crippen MR) is 77.7 cm³/mol. The Kier molecular flexibility index (Phi) is 2.01. The minimum Gasteiger partial charge on any atom is -0.439 e. The standard InChI is InChI=1S/C17H16N2O/c1-2-4-13-12(3-1)9-14(18-13)16-15(10-5-6-10)19-17(20-16)11-7-8-11/h1-4,9-11,18H,5-8H2. The van der Waals surface area contributed by atoms with Crippen molar-refractivity contribution >= 4 is 10.9 Å². The first-order valence-electron chi connectivity index (χ1n) is 7.47. The maximum atomic E-state index is 6.11. The number of H-pyrrole nitrogens is 1. The largest absolute Gasteiger partial charge is 0.439 e. The Bertz CT molecular complexity index is 757. The molecule has 0 aliphatic heterocycles. The lowest BCUT2D eigenvalue weighted by molar-refractivity contribution is 0.508. The summed E-state index contributed by atoms with van der Waals surface area (Å²) in [5, 5.41) is 1.23. The molecule has 0 amide bonds. The second-order valence-corrected chi connectivity index (χ2v) is 6.09. The molecule has 5 rings (SSSR count). The molecule has 2 fully saturated rings. The number of nitrogens with one attached hydrogen (secondary N) is 1. The van der Waals surface area contributed by atoms with Crippen LogP contribution in [0.15, 0.2) is 34.7 Å². The molecule has 1 N–H and O–H groups in total. The zero-order valence-corrected chi connectivity index (χ0v) is 11.2. The highest BCUT2D eigenvalue weighted by Gasteiger charge is 2.36. The molecule has 100 valence electrons. The van der Waals surface area contributed by atoms with E-state index in [0.717, 1.165) is 22.9 Å². The first-order valence-corrected chi connectivity index (χ1v) is 7.47. The minimum atomic E-state index is 0.575. The van der Waals surface area contributed by atoms with Crippen LogP contribution in [0.2, 0.25) is 0 Å².